The van der Waals surface area contributed by atoms with E-state index in [4.69, 9.17) is 0 Å². The maximum absolute atomic E-state index is 13.6. The normalized spacial score (nSPS) is 27.3. The zero-order valence-electron chi connectivity index (χ0n) is 16.9. The van der Waals surface area contributed by atoms with Crippen molar-refractivity contribution in [1.29, 1.82) is 5.26 Å². The minimum Gasteiger partial charge on any atom is -0.334 e. The summed E-state index contributed by atoms with van der Waals surface area (Å²) in [6, 6.07) is 14.1. The third kappa shape index (κ3) is 3.44. The number of carbonyl (C=O) groups is 1. The molecule has 2 aromatic carbocycles. The van der Waals surface area contributed by atoms with Gasteiger partial charge < -0.3 is 15.1 Å². The van der Waals surface area contributed by atoms with Crippen LogP contribution in [0.4, 0.5) is 9.18 Å². The number of nitrogens with zero attached hydrogens (tertiary/aromatic N) is 3. The van der Waals surface area contributed by atoms with Gasteiger partial charge in [0.25, 0.3) is 0 Å². The van der Waals surface area contributed by atoms with Gasteiger partial charge in [0, 0.05) is 19.1 Å². The summed E-state index contributed by atoms with van der Waals surface area (Å²) in [6.45, 7) is 3.76. The Balaban J connectivity index is 1.46. The Morgan fingerprint density at radius 1 is 1.10 bits per heavy atom. The van der Waals surface area contributed by atoms with Crippen LogP contribution in [0.15, 0.2) is 42.5 Å². The number of piperidine rings is 3. The topological polar surface area (TPSA) is 59.4 Å². The monoisotopic (exact) mass is 404 g/mol. The van der Waals surface area contributed by atoms with Crippen LogP contribution in [0.5, 0.6) is 0 Å². The Morgan fingerprint density at radius 3 is 2.53 bits per heavy atom. The molecule has 2 amide bonds. The van der Waals surface area contributed by atoms with Crippen LogP contribution in [0.2, 0.25) is 0 Å². The largest absolute Gasteiger partial charge is 0.334 e. The van der Waals surface area contributed by atoms with Gasteiger partial charge in [0.2, 0.25) is 0 Å². The number of amides is 2. The first-order valence-corrected chi connectivity index (χ1v) is 10.7. The fourth-order valence-corrected chi connectivity index (χ4v) is 5.29. The number of halogens is 1. The summed E-state index contributed by atoms with van der Waals surface area (Å²) in [5, 5.41) is 12.6. The summed E-state index contributed by atoms with van der Waals surface area (Å²) in [5.41, 5.74) is 3.59. The Morgan fingerprint density at radius 2 is 1.87 bits per heavy atom. The molecule has 5 nitrogen and oxygen atoms in total. The average molecular weight is 404 g/mol. The van der Waals surface area contributed by atoms with E-state index in [1.165, 1.54) is 12.1 Å². The summed E-state index contributed by atoms with van der Waals surface area (Å²) in [6.07, 6.45) is 2.99. The van der Waals surface area contributed by atoms with E-state index in [0.29, 0.717) is 24.4 Å². The molecule has 0 aliphatic carbocycles. The van der Waals surface area contributed by atoms with Crippen molar-refractivity contribution in [2.45, 2.75) is 31.3 Å². The SMILES string of the molecule is N#Cc1ccc2c(c1)CCN(C(=O)NC1CN3CCC1CC3)[C@@H]2c1ccc(F)cc1. The highest BCUT2D eigenvalue weighted by Gasteiger charge is 2.38. The lowest BCUT2D eigenvalue weighted by Crippen LogP contribution is -2.59. The number of hydrogen-bond donors (Lipinski definition) is 1. The number of rotatable bonds is 2. The Kier molecular flexibility index (Phi) is 4.92. The van der Waals surface area contributed by atoms with E-state index in [9.17, 15) is 14.4 Å². The van der Waals surface area contributed by atoms with Crippen molar-refractivity contribution >= 4 is 6.03 Å². The molecule has 0 saturated carbocycles. The highest BCUT2D eigenvalue weighted by Crippen LogP contribution is 2.36. The molecule has 4 heterocycles. The molecule has 154 valence electrons. The van der Waals surface area contributed by atoms with Gasteiger partial charge in [0.1, 0.15) is 5.82 Å². The maximum Gasteiger partial charge on any atom is 0.318 e. The number of urea groups is 1. The lowest BCUT2D eigenvalue weighted by molar-refractivity contribution is 0.0715. The van der Waals surface area contributed by atoms with Crippen molar-refractivity contribution in [3.05, 3.63) is 70.5 Å². The van der Waals surface area contributed by atoms with Crippen molar-refractivity contribution < 1.29 is 9.18 Å². The van der Waals surface area contributed by atoms with E-state index in [-0.39, 0.29) is 23.9 Å². The minimum atomic E-state index is -0.294. The van der Waals surface area contributed by atoms with E-state index >= 15 is 0 Å². The second-order valence-electron chi connectivity index (χ2n) is 8.62. The van der Waals surface area contributed by atoms with Gasteiger partial charge >= 0.3 is 6.03 Å². The molecule has 6 heteroatoms. The molecule has 1 unspecified atom stereocenters. The van der Waals surface area contributed by atoms with Gasteiger partial charge in [-0.1, -0.05) is 18.2 Å². The lowest BCUT2D eigenvalue weighted by Gasteiger charge is -2.46. The van der Waals surface area contributed by atoms with E-state index in [2.05, 4.69) is 16.3 Å². The molecule has 2 aromatic rings. The summed E-state index contributed by atoms with van der Waals surface area (Å²) in [4.78, 5) is 17.7. The van der Waals surface area contributed by atoms with Gasteiger partial charge in [-0.05, 0) is 79.2 Å². The Labute approximate surface area is 176 Å². The first-order valence-electron chi connectivity index (χ1n) is 10.7. The van der Waals surface area contributed by atoms with Crippen LogP contribution in [0.1, 0.15) is 41.1 Å². The minimum absolute atomic E-state index is 0.0573. The third-order valence-corrected chi connectivity index (χ3v) is 6.91. The number of fused-ring (bicyclic) bond motifs is 4. The molecule has 0 radical (unpaired) electrons. The van der Waals surface area contributed by atoms with E-state index in [1.54, 1.807) is 18.2 Å². The first-order chi connectivity index (χ1) is 14.6. The molecule has 4 aliphatic rings. The quantitative estimate of drug-likeness (QED) is 0.834. The van der Waals surface area contributed by atoms with Crippen molar-refractivity contribution in [3.8, 4) is 6.07 Å². The Hall–Kier alpha value is -2.91. The van der Waals surface area contributed by atoms with Crippen LogP contribution >= 0.6 is 0 Å². The molecular weight excluding hydrogens is 379 g/mol. The molecular formula is C24H25FN4O. The molecule has 1 N–H and O–H groups in total. The van der Waals surface area contributed by atoms with Crippen LogP contribution in [-0.4, -0.2) is 48.1 Å². The summed E-state index contributed by atoms with van der Waals surface area (Å²) < 4.78 is 13.6. The molecule has 0 spiro atoms. The van der Waals surface area contributed by atoms with Crippen LogP contribution in [0, 0.1) is 23.1 Å². The standard InChI is InChI=1S/C24H25FN4O/c25-20-4-2-18(3-5-20)23-21-6-1-16(14-26)13-19(21)9-12-29(23)24(30)27-22-15-28-10-7-17(22)8-11-28/h1-6,13,17,22-23H,7-12,15H2,(H,27,30)/t22?,23-/m1/s1. The molecule has 6 rings (SSSR count). The summed E-state index contributed by atoms with van der Waals surface area (Å²) in [7, 11) is 0. The number of nitrogens with one attached hydrogen (secondary N) is 1. The zero-order chi connectivity index (χ0) is 20.7. The molecule has 3 saturated heterocycles. The Bertz CT molecular complexity index is 991. The third-order valence-electron chi connectivity index (χ3n) is 6.91. The zero-order valence-corrected chi connectivity index (χ0v) is 16.9. The number of hydrogen-bond acceptors (Lipinski definition) is 3. The van der Waals surface area contributed by atoms with E-state index in [1.807, 2.05) is 17.0 Å². The molecule has 3 fully saturated rings. The van der Waals surface area contributed by atoms with Crippen molar-refractivity contribution in [3.63, 3.8) is 0 Å². The smallest absolute Gasteiger partial charge is 0.318 e. The average Bonchev–Trinajstić information content (AvgIpc) is 2.79. The fourth-order valence-electron chi connectivity index (χ4n) is 5.29. The number of benzene rings is 2. The highest BCUT2D eigenvalue weighted by molar-refractivity contribution is 5.76. The lowest BCUT2D eigenvalue weighted by atomic mass is 9.84. The van der Waals surface area contributed by atoms with Gasteiger partial charge in [-0.25, -0.2) is 9.18 Å². The molecule has 2 atom stereocenters. The van der Waals surface area contributed by atoms with Crippen molar-refractivity contribution in [2.24, 2.45) is 5.92 Å². The highest BCUT2D eigenvalue weighted by atomic mass is 19.1. The fraction of sp³-hybridized carbons (Fsp3) is 0.417. The second-order valence-corrected chi connectivity index (χ2v) is 8.62. The van der Waals surface area contributed by atoms with Gasteiger partial charge in [0.15, 0.2) is 0 Å². The van der Waals surface area contributed by atoms with Gasteiger partial charge in [-0.3, -0.25) is 0 Å². The van der Waals surface area contributed by atoms with Crippen LogP contribution < -0.4 is 5.32 Å². The van der Waals surface area contributed by atoms with Crippen molar-refractivity contribution in [2.75, 3.05) is 26.2 Å². The molecule has 0 aromatic heterocycles. The van der Waals surface area contributed by atoms with Crippen LogP contribution in [-0.2, 0) is 6.42 Å². The molecule has 2 bridgehead atoms. The first kappa shape index (κ1) is 19.1. The summed E-state index contributed by atoms with van der Waals surface area (Å²) >= 11 is 0. The van der Waals surface area contributed by atoms with Gasteiger partial charge in [-0.15, -0.1) is 0 Å². The van der Waals surface area contributed by atoms with Crippen LogP contribution in [0.3, 0.4) is 0 Å². The number of nitriles is 1. The van der Waals surface area contributed by atoms with Crippen LogP contribution in [0.25, 0.3) is 0 Å². The van der Waals surface area contributed by atoms with Gasteiger partial charge in [-0.2, -0.15) is 5.26 Å². The van der Waals surface area contributed by atoms with Gasteiger partial charge in [0.05, 0.1) is 17.7 Å². The molecule has 30 heavy (non-hydrogen) atoms. The predicted octanol–water partition coefficient (Wildman–Crippen LogP) is 3.45. The van der Waals surface area contributed by atoms with E-state index < -0.39 is 0 Å². The molecule has 4 aliphatic heterocycles. The predicted molar refractivity (Wildman–Crippen MR) is 111 cm³/mol. The van der Waals surface area contributed by atoms with E-state index in [0.717, 1.165) is 49.2 Å². The van der Waals surface area contributed by atoms with Crippen molar-refractivity contribution in [1.82, 2.24) is 15.1 Å². The maximum atomic E-state index is 13.6. The second kappa shape index (κ2) is 7.73. The number of carbonyl (C=O) groups excluding carboxylic acids is 1. The summed E-state index contributed by atoms with van der Waals surface area (Å²) in [5.74, 6) is 0.261.